The van der Waals surface area contributed by atoms with Gasteiger partial charge in [0.25, 0.3) is 5.91 Å². The van der Waals surface area contributed by atoms with Crippen LogP contribution in [0.3, 0.4) is 0 Å². The molecule has 1 aromatic rings. The van der Waals surface area contributed by atoms with E-state index in [9.17, 15) is 4.79 Å². The van der Waals surface area contributed by atoms with Crippen molar-refractivity contribution in [2.45, 2.75) is 76.3 Å². The highest BCUT2D eigenvalue weighted by Gasteiger charge is 2.49. The van der Waals surface area contributed by atoms with Crippen LogP contribution in [0.15, 0.2) is 23.2 Å². The van der Waals surface area contributed by atoms with Crippen molar-refractivity contribution in [3.05, 3.63) is 29.3 Å². The largest absolute Gasteiger partial charge is 0.355 e. The predicted octanol–water partition coefficient (Wildman–Crippen LogP) is 4.90. The Labute approximate surface area is 167 Å². The number of aliphatic imine (C=N–C) groups is 1. The summed E-state index contributed by atoms with van der Waals surface area (Å²) in [6.07, 6.45) is 11.6. The third-order valence-electron chi connectivity index (χ3n) is 6.58. The number of thioether (sulfide) groups is 1. The molecule has 0 aromatic heterocycles. The molecule has 1 saturated heterocycles. The van der Waals surface area contributed by atoms with Gasteiger partial charge in [-0.15, -0.1) is 0 Å². The highest BCUT2D eigenvalue weighted by Crippen LogP contribution is 2.48. The zero-order valence-corrected chi connectivity index (χ0v) is 17.4. The monoisotopic (exact) mass is 385 g/mol. The third-order valence-corrected chi connectivity index (χ3v) is 7.80. The highest BCUT2D eigenvalue weighted by molar-refractivity contribution is 8.14. The summed E-state index contributed by atoms with van der Waals surface area (Å²) in [7, 11) is 1.68. The lowest BCUT2D eigenvalue weighted by Crippen LogP contribution is -2.50. The summed E-state index contributed by atoms with van der Waals surface area (Å²) in [4.78, 5) is 19.9. The molecule has 1 aliphatic heterocycles. The average molecular weight is 386 g/mol. The van der Waals surface area contributed by atoms with Crippen molar-refractivity contribution in [2.24, 2.45) is 4.99 Å². The molecule has 3 fully saturated rings. The summed E-state index contributed by atoms with van der Waals surface area (Å²) in [5.74, 6) is 1.16. The Balaban J connectivity index is 1.68. The Morgan fingerprint density at radius 1 is 1.26 bits per heavy atom. The summed E-state index contributed by atoms with van der Waals surface area (Å²) in [6, 6.07) is 6.61. The number of hydrogen-bond acceptors (Lipinski definition) is 3. The van der Waals surface area contributed by atoms with Crippen LogP contribution in [0.5, 0.6) is 0 Å². The molecule has 146 valence electrons. The van der Waals surface area contributed by atoms with Crippen molar-refractivity contribution in [3.63, 3.8) is 0 Å². The summed E-state index contributed by atoms with van der Waals surface area (Å²) in [5, 5.41) is 3.94. The van der Waals surface area contributed by atoms with Gasteiger partial charge in [-0.05, 0) is 55.9 Å². The minimum absolute atomic E-state index is 0.0309. The molecule has 4 nitrogen and oxygen atoms in total. The second-order valence-corrected chi connectivity index (χ2v) is 9.14. The average Bonchev–Trinajstić information content (AvgIpc) is 3.44. The fourth-order valence-corrected chi connectivity index (χ4v) is 6.59. The van der Waals surface area contributed by atoms with E-state index in [1.807, 2.05) is 30.0 Å². The SMILES string of the molecule is CCc1cc(C(=O)NC)ccc1N=C1SCC2(CCCC2)N1C1CCCC1. The molecule has 0 unspecified atom stereocenters. The van der Waals surface area contributed by atoms with Crippen LogP contribution in [0.4, 0.5) is 5.69 Å². The number of carbonyl (C=O) groups excluding carboxylic acids is 1. The fraction of sp³-hybridized carbons (Fsp3) is 0.636. The van der Waals surface area contributed by atoms with Gasteiger partial charge in [-0.25, -0.2) is 4.99 Å². The van der Waals surface area contributed by atoms with Crippen LogP contribution in [0.25, 0.3) is 0 Å². The number of aryl methyl sites for hydroxylation is 1. The first-order chi connectivity index (χ1) is 13.2. The van der Waals surface area contributed by atoms with E-state index in [2.05, 4.69) is 17.1 Å². The second kappa shape index (κ2) is 7.86. The quantitative estimate of drug-likeness (QED) is 0.802. The van der Waals surface area contributed by atoms with E-state index in [1.165, 1.54) is 62.3 Å². The van der Waals surface area contributed by atoms with Gasteiger partial charge < -0.3 is 10.2 Å². The van der Waals surface area contributed by atoms with Crippen LogP contribution in [-0.4, -0.2) is 40.4 Å². The lowest BCUT2D eigenvalue weighted by atomic mass is 9.95. The molecule has 3 aliphatic rings. The Hall–Kier alpha value is -1.49. The van der Waals surface area contributed by atoms with E-state index in [0.29, 0.717) is 11.6 Å². The lowest BCUT2D eigenvalue weighted by molar-refractivity contribution is 0.0963. The van der Waals surface area contributed by atoms with Crippen molar-refractivity contribution < 1.29 is 4.79 Å². The molecular formula is C22H31N3OS. The van der Waals surface area contributed by atoms with Gasteiger partial charge in [-0.1, -0.05) is 44.4 Å². The van der Waals surface area contributed by atoms with E-state index in [0.717, 1.165) is 23.2 Å². The number of rotatable bonds is 4. The standard InChI is InChI=1S/C22H31N3OS/c1-3-16-14-17(20(26)23-2)10-11-19(16)24-21-25(18-8-4-5-9-18)22(15-27-21)12-6-7-13-22/h10-11,14,18H,3-9,12-13,15H2,1-2H3,(H,23,26). The molecular weight excluding hydrogens is 354 g/mol. The topological polar surface area (TPSA) is 44.7 Å². The molecule has 2 saturated carbocycles. The number of nitrogens with zero attached hydrogens (tertiary/aromatic N) is 2. The maximum atomic E-state index is 12.0. The maximum absolute atomic E-state index is 12.0. The van der Waals surface area contributed by atoms with Gasteiger partial charge in [0.2, 0.25) is 0 Å². The minimum Gasteiger partial charge on any atom is -0.355 e. The van der Waals surface area contributed by atoms with E-state index in [1.54, 1.807) is 7.05 Å². The first-order valence-corrected chi connectivity index (χ1v) is 11.5. The van der Waals surface area contributed by atoms with Crippen LogP contribution < -0.4 is 5.32 Å². The van der Waals surface area contributed by atoms with Gasteiger partial charge >= 0.3 is 0 Å². The van der Waals surface area contributed by atoms with Gasteiger partial charge in [0, 0.05) is 24.4 Å². The molecule has 4 rings (SSSR count). The zero-order valence-electron chi connectivity index (χ0n) is 16.6. The minimum atomic E-state index is -0.0309. The van der Waals surface area contributed by atoms with Crippen molar-refractivity contribution in [1.29, 1.82) is 0 Å². The number of hydrogen-bond donors (Lipinski definition) is 1. The molecule has 1 amide bonds. The summed E-state index contributed by atoms with van der Waals surface area (Å²) in [5.41, 5.74) is 3.26. The molecule has 2 aliphatic carbocycles. The van der Waals surface area contributed by atoms with Crippen LogP contribution in [0.1, 0.15) is 74.2 Å². The van der Waals surface area contributed by atoms with Gasteiger partial charge in [0.1, 0.15) is 0 Å². The van der Waals surface area contributed by atoms with Crippen LogP contribution in [0, 0.1) is 0 Å². The molecule has 1 aromatic carbocycles. The van der Waals surface area contributed by atoms with Gasteiger partial charge in [-0.2, -0.15) is 0 Å². The molecule has 5 heteroatoms. The van der Waals surface area contributed by atoms with E-state index < -0.39 is 0 Å². The van der Waals surface area contributed by atoms with Crippen molar-refractivity contribution in [2.75, 3.05) is 12.8 Å². The van der Waals surface area contributed by atoms with Crippen LogP contribution in [-0.2, 0) is 6.42 Å². The van der Waals surface area contributed by atoms with Crippen molar-refractivity contribution in [1.82, 2.24) is 10.2 Å². The van der Waals surface area contributed by atoms with E-state index in [4.69, 9.17) is 4.99 Å². The Kier molecular flexibility index (Phi) is 5.49. The fourth-order valence-electron chi connectivity index (χ4n) is 5.12. The number of benzene rings is 1. The molecule has 1 N–H and O–H groups in total. The summed E-state index contributed by atoms with van der Waals surface area (Å²) < 4.78 is 0. The lowest BCUT2D eigenvalue weighted by Gasteiger charge is -2.40. The molecule has 1 heterocycles. The molecule has 0 atom stereocenters. The van der Waals surface area contributed by atoms with Gasteiger partial charge in [0.15, 0.2) is 5.17 Å². The maximum Gasteiger partial charge on any atom is 0.251 e. The van der Waals surface area contributed by atoms with Crippen molar-refractivity contribution >= 4 is 28.5 Å². The first-order valence-electron chi connectivity index (χ1n) is 10.5. The van der Waals surface area contributed by atoms with E-state index in [-0.39, 0.29) is 5.91 Å². The Bertz CT molecular complexity index is 733. The highest BCUT2D eigenvalue weighted by atomic mass is 32.2. The number of nitrogens with one attached hydrogen (secondary N) is 1. The smallest absolute Gasteiger partial charge is 0.251 e. The molecule has 27 heavy (non-hydrogen) atoms. The van der Waals surface area contributed by atoms with Gasteiger partial charge in [-0.3, -0.25) is 4.79 Å². The zero-order chi connectivity index (χ0) is 18.9. The molecule has 0 bridgehead atoms. The second-order valence-electron chi connectivity index (χ2n) is 8.20. The normalized spacial score (nSPS) is 23.6. The number of carbonyl (C=O) groups is 1. The summed E-state index contributed by atoms with van der Waals surface area (Å²) in [6.45, 7) is 2.14. The van der Waals surface area contributed by atoms with E-state index >= 15 is 0 Å². The summed E-state index contributed by atoms with van der Waals surface area (Å²) >= 11 is 1.96. The first kappa shape index (κ1) is 18.9. The molecule has 0 radical (unpaired) electrons. The van der Waals surface area contributed by atoms with Crippen LogP contribution in [0.2, 0.25) is 0 Å². The number of amides is 1. The predicted molar refractivity (Wildman–Crippen MR) is 114 cm³/mol. The third kappa shape index (κ3) is 3.51. The van der Waals surface area contributed by atoms with Gasteiger partial charge in [0.05, 0.1) is 11.2 Å². The molecule has 1 spiro atoms. The Morgan fingerprint density at radius 2 is 2.00 bits per heavy atom. The Morgan fingerprint density at radius 3 is 2.67 bits per heavy atom. The van der Waals surface area contributed by atoms with Crippen molar-refractivity contribution in [3.8, 4) is 0 Å². The number of amidine groups is 1. The van der Waals surface area contributed by atoms with Crippen LogP contribution >= 0.6 is 11.8 Å².